The first kappa shape index (κ1) is 18.9. The Morgan fingerprint density at radius 1 is 1.15 bits per heavy atom. The summed E-state index contributed by atoms with van der Waals surface area (Å²) in [4.78, 5) is 9.29. The molecule has 0 amide bonds. The minimum atomic E-state index is -0.170. The third-order valence-corrected chi connectivity index (χ3v) is 4.81. The van der Waals surface area contributed by atoms with Crippen LogP contribution in [0.4, 0.5) is 0 Å². The van der Waals surface area contributed by atoms with Crippen molar-refractivity contribution in [3.05, 3.63) is 46.3 Å². The van der Waals surface area contributed by atoms with Crippen molar-refractivity contribution in [3.63, 3.8) is 0 Å². The maximum absolute atomic E-state index is 5.24. The molecule has 0 bridgehead atoms. The highest BCUT2D eigenvalue weighted by molar-refractivity contribution is 9.10. The summed E-state index contributed by atoms with van der Waals surface area (Å²) in [5.74, 6) is 0.761. The van der Waals surface area contributed by atoms with Crippen LogP contribution in [0.25, 0.3) is 5.69 Å². The number of tetrazole rings is 1. The van der Waals surface area contributed by atoms with Gasteiger partial charge in [0.2, 0.25) is 5.16 Å². The quantitative estimate of drug-likeness (QED) is 0.564. The Kier molecular flexibility index (Phi) is 5.69. The van der Waals surface area contributed by atoms with Gasteiger partial charge in [0.25, 0.3) is 0 Å². The average Bonchev–Trinajstić information content (AvgIpc) is 3.03. The van der Waals surface area contributed by atoms with E-state index in [2.05, 4.69) is 57.2 Å². The zero-order valence-corrected chi connectivity index (χ0v) is 17.4. The van der Waals surface area contributed by atoms with Crippen LogP contribution in [-0.4, -0.2) is 37.3 Å². The van der Waals surface area contributed by atoms with Gasteiger partial charge < -0.3 is 4.74 Å². The van der Waals surface area contributed by atoms with Gasteiger partial charge in [-0.15, -0.1) is 5.10 Å². The molecule has 0 fully saturated rings. The molecule has 3 aromatic rings. The van der Waals surface area contributed by atoms with E-state index in [4.69, 9.17) is 9.72 Å². The summed E-state index contributed by atoms with van der Waals surface area (Å²) < 4.78 is 7.93. The van der Waals surface area contributed by atoms with Gasteiger partial charge in [0, 0.05) is 17.0 Å². The molecule has 9 heteroatoms. The van der Waals surface area contributed by atoms with Crippen LogP contribution in [0.1, 0.15) is 32.3 Å². The number of methoxy groups -OCH3 is 1. The van der Waals surface area contributed by atoms with Gasteiger partial charge in [0.05, 0.1) is 18.0 Å². The normalized spacial score (nSPS) is 11.7. The van der Waals surface area contributed by atoms with Crippen LogP contribution in [0, 0.1) is 0 Å². The van der Waals surface area contributed by atoms with E-state index in [0.717, 1.165) is 26.7 Å². The van der Waals surface area contributed by atoms with Gasteiger partial charge in [0.15, 0.2) is 0 Å². The number of benzene rings is 1. The summed E-state index contributed by atoms with van der Waals surface area (Å²) in [5, 5.41) is 13.5. The smallest absolute Gasteiger partial charge is 0.220 e. The molecule has 2 heterocycles. The predicted octanol–water partition coefficient (Wildman–Crippen LogP) is 3.81. The monoisotopic (exact) mass is 434 g/mol. The molecule has 3 rings (SSSR count). The van der Waals surface area contributed by atoms with Crippen molar-refractivity contribution in [2.45, 2.75) is 43.0 Å². The number of aromatic nitrogens is 6. The van der Waals surface area contributed by atoms with Gasteiger partial charge >= 0.3 is 0 Å². The van der Waals surface area contributed by atoms with Crippen LogP contribution in [0.5, 0.6) is 0 Å². The first-order valence-corrected chi connectivity index (χ1v) is 9.57. The Morgan fingerprint density at radius 2 is 1.88 bits per heavy atom. The Hall–Kier alpha value is -1.84. The maximum Gasteiger partial charge on any atom is 0.220 e. The van der Waals surface area contributed by atoms with Crippen molar-refractivity contribution in [3.8, 4) is 5.69 Å². The van der Waals surface area contributed by atoms with Gasteiger partial charge in [-0.3, -0.25) is 0 Å². The zero-order chi connectivity index (χ0) is 18.7. The number of nitrogens with zero attached hydrogens (tertiary/aromatic N) is 6. The molecule has 0 spiro atoms. The molecule has 0 saturated heterocycles. The molecule has 2 aromatic heterocycles. The highest BCUT2D eigenvalue weighted by Gasteiger charge is 2.20. The van der Waals surface area contributed by atoms with E-state index >= 15 is 0 Å². The van der Waals surface area contributed by atoms with Crippen molar-refractivity contribution in [1.29, 1.82) is 0 Å². The molecule has 0 unspecified atom stereocenters. The standard InChI is InChI=1S/C17H19BrN6OS/c1-17(2,3)15-19-12(10-25-4)9-14(20-15)26-16-21-22-23-24(16)13-7-5-11(18)6-8-13/h5-9H,10H2,1-4H3. The van der Waals surface area contributed by atoms with E-state index in [9.17, 15) is 0 Å². The second kappa shape index (κ2) is 7.81. The average molecular weight is 435 g/mol. The maximum atomic E-state index is 5.24. The summed E-state index contributed by atoms with van der Waals surface area (Å²) in [6.07, 6.45) is 0. The fraction of sp³-hybridized carbons (Fsp3) is 0.353. The molecular weight excluding hydrogens is 416 g/mol. The molecule has 0 aliphatic carbocycles. The van der Waals surface area contributed by atoms with Crippen molar-refractivity contribution >= 4 is 27.7 Å². The SMILES string of the molecule is COCc1cc(Sc2nnnn2-c2ccc(Br)cc2)nc(C(C)(C)C)n1. The van der Waals surface area contributed by atoms with Crippen molar-refractivity contribution in [2.24, 2.45) is 0 Å². The van der Waals surface area contributed by atoms with Crippen LogP contribution in [0.2, 0.25) is 0 Å². The van der Waals surface area contributed by atoms with Gasteiger partial charge in [0.1, 0.15) is 10.9 Å². The van der Waals surface area contributed by atoms with Crippen LogP contribution in [-0.2, 0) is 16.8 Å². The summed E-state index contributed by atoms with van der Waals surface area (Å²) in [6.45, 7) is 6.68. The number of hydrogen-bond acceptors (Lipinski definition) is 7. The van der Waals surface area contributed by atoms with Gasteiger partial charge in [-0.2, -0.15) is 4.68 Å². The Bertz CT molecular complexity index is 891. The lowest BCUT2D eigenvalue weighted by atomic mass is 9.96. The molecule has 0 atom stereocenters. The lowest BCUT2D eigenvalue weighted by Crippen LogP contribution is -2.17. The highest BCUT2D eigenvalue weighted by atomic mass is 79.9. The van der Waals surface area contributed by atoms with E-state index in [1.54, 1.807) is 11.8 Å². The van der Waals surface area contributed by atoms with E-state index in [-0.39, 0.29) is 5.41 Å². The van der Waals surface area contributed by atoms with Crippen LogP contribution in [0.15, 0.2) is 45.0 Å². The number of halogens is 1. The lowest BCUT2D eigenvalue weighted by Gasteiger charge is -2.18. The van der Waals surface area contributed by atoms with Crippen molar-refractivity contribution in [2.75, 3.05) is 7.11 Å². The fourth-order valence-corrected chi connectivity index (χ4v) is 3.25. The fourth-order valence-electron chi connectivity index (χ4n) is 2.16. The number of ether oxygens (including phenoxy) is 1. The topological polar surface area (TPSA) is 78.6 Å². The zero-order valence-electron chi connectivity index (χ0n) is 15.0. The summed E-state index contributed by atoms with van der Waals surface area (Å²) in [7, 11) is 1.65. The summed E-state index contributed by atoms with van der Waals surface area (Å²) >= 11 is 4.83. The minimum Gasteiger partial charge on any atom is -0.378 e. The molecule has 26 heavy (non-hydrogen) atoms. The Labute approximate surface area is 164 Å². The number of hydrogen-bond donors (Lipinski definition) is 0. The van der Waals surface area contributed by atoms with Crippen molar-refractivity contribution in [1.82, 2.24) is 30.2 Å². The molecule has 0 N–H and O–H groups in total. The molecule has 136 valence electrons. The Balaban J connectivity index is 1.95. The predicted molar refractivity (Wildman–Crippen MR) is 102 cm³/mol. The number of rotatable bonds is 5. The summed E-state index contributed by atoms with van der Waals surface area (Å²) in [5.41, 5.74) is 1.54. The van der Waals surface area contributed by atoms with Gasteiger partial charge in [-0.1, -0.05) is 36.7 Å². The molecule has 0 aliphatic heterocycles. The third-order valence-electron chi connectivity index (χ3n) is 3.43. The molecule has 0 aliphatic rings. The highest BCUT2D eigenvalue weighted by Crippen LogP contribution is 2.29. The minimum absolute atomic E-state index is 0.170. The van der Waals surface area contributed by atoms with E-state index in [1.165, 1.54) is 11.8 Å². The Morgan fingerprint density at radius 3 is 2.54 bits per heavy atom. The van der Waals surface area contributed by atoms with E-state index in [1.807, 2.05) is 30.3 Å². The molecule has 7 nitrogen and oxygen atoms in total. The van der Waals surface area contributed by atoms with Crippen LogP contribution >= 0.6 is 27.7 Å². The first-order valence-electron chi connectivity index (χ1n) is 7.96. The van der Waals surface area contributed by atoms with Gasteiger partial charge in [-0.05, 0) is 52.5 Å². The largest absolute Gasteiger partial charge is 0.378 e. The third kappa shape index (κ3) is 4.46. The summed E-state index contributed by atoms with van der Waals surface area (Å²) in [6, 6.07) is 9.70. The van der Waals surface area contributed by atoms with E-state index < -0.39 is 0 Å². The second-order valence-electron chi connectivity index (χ2n) is 6.66. The van der Waals surface area contributed by atoms with Crippen molar-refractivity contribution < 1.29 is 4.74 Å². The second-order valence-corrected chi connectivity index (χ2v) is 8.56. The molecule has 0 radical (unpaired) electrons. The molecule has 0 saturated carbocycles. The molecule has 1 aromatic carbocycles. The van der Waals surface area contributed by atoms with Crippen LogP contribution < -0.4 is 0 Å². The first-order chi connectivity index (χ1) is 12.4. The molecular formula is C17H19BrN6OS. The lowest BCUT2D eigenvalue weighted by molar-refractivity contribution is 0.180. The van der Waals surface area contributed by atoms with Crippen LogP contribution in [0.3, 0.4) is 0 Å². The van der Waals surface area contributed by atoms with Gasteiger partial charge in [-0.25, -0.2) is 9.97 Å². The van der Waals surface area contributed by atoms with E-state index in [0.29, 0.717) is 11.8 Å².